The van der Waals surface area contributed by atoms with E-state index in [1.165, 1.54) is 0 Å². The van der Waals surface area contributed by atoms with Gasteiger partial charge in [0, 0.05) is 0 Å². The maximum absolute atomic E-state index is 13.2. The molecule has 26 heavy (non-hydrogen) atoms. The molecule has 1 N–H and O–H groups in total. The van der Waals surface area contributed by atoms with Crippen LogP contribution in [-0.2, 0) is 14.6 Å². The average Bonchev–Trinajstić information content (AvgIpc) is 3.24. The zero-order valence-electron chi connectivity index (χ0n) is 13.2. The van der Waals surface area contributed by atoms with Gasteiger partial charge in [-0.05, 0) is 0 Å². The Hall–Kier alpha value is -1.77. The van der Waals surface area contributed by atoms with Gasteiger partial charge in [-0.2, -0.15) is 0 Å². The molecule has 0 radical (unpaired) electrons. The number of sulfone groups is 1. The second kappa shape index (κ2) is 5.61. The van der Waals surface area contributed by atoms with E-state index in [0.717, 1.165) is 24.0 Å². The van der Waals surface area contributed by atoms with Gasteiger partial charge < -0.3 is 0 Å². The topological polar surface area (TPSA) is 80.3 Å². The van der Waals surface area contributed by atoms with E-state index < -0.39 is 42.4 Å². The van der Waals surface area contributed by atoms with Crippen molar-refractivity contribution in [2.45, 2.75) is 4.90 Å². The molecule has 0 unspecified atom stereocenters. The van der Waals surface area contributed by atoms with Crippen LogP contribution in [-0.4, -0.2) is 41.0 Å². The first-order valence-corrected chi connectivity index (χ1v) is 15.2. The number of rotatable bonds is 2. The second-order valence-corrected chi connectivity index (χ2v) is 17.8. The van der Waals surface area contributed by atoms with Crippen LogP contribution in [0.15, 0.2) is 70.4 Å². The SMILES string of the molecule is O=C1NC(=O)/C(=[C]2\C3=[C](S(=O)(=O)c4ccccc4)[In]2[c]2ccccc23)S1. The number of nitrogens with one attached hydrogen (secondary N) is 1. The fraction of sp³-hybridized carbons (Fsp3) is 0. The van der Waals surface area contributed by atoms with Crippen LogP contribution in [0.25, 0.3) is 5.57 Å². The second-order valence-electron chi connectivity index (χ2n) is 6.16. The molecule has 2 aromatic carbocycles. The fourth-order valence-electron chi connectivity index (χ4n) is 3.78. The Morgan fingerprint density at radius 2 is 1.62 bits per heavy atom. The van der Waals surface area contributed by atoms with Crippen molar-refractivity contribution in [1.82, 2.24) is 5.32 Å². The number of amides is 2. The Morgan fingerprint density at radius 3 is 2.27 bits per heavy atom. The Balaban J connectivity index is 1.76. The third-order valence-electron chi connectivity index (χ3n) is 4.81. The Morgan fingerprint density at radius 1 is 0.923 bits per heavy atom. The zero-order chi connectivity index (χ0) is 18.1. The van der Waals surface area contributed by atoms with Crippen molar-refractivity contribution in [1.29, 1.82) is 0 Å². The fourth-order valence-corrected chi connectivity index (χ4v) is 21.8. The quantitative estimate of drug-likeness (QED) is 0.661. The summed E-state index contributed by atoms with van der Waals surface area (Å²) in [7, 11) is -3.59. The first-order chi connectivity index (χ1) is 12.5. The van der Waals surface area contributed by atoms with E-state index in [4.69, 9.17) is 0 Å². The average molecular weight is 483 g/mol. The number of allylic oxidation sites excluding steroid dienone is 2. The Labute approximate surface area is 161 Å². The van der Waals surface area contributed by atoms with E-state index in [0.29, 0.717) is 13.1 Å². The van der Waals surface area contributed by atoms with Crippen molar-refractivity contribution in [2.24, 2.45) is 0 Å². The maximum atomic E-state index is 13.2. The van der Waals surface area contributed by atoms with Crippen LogP contribution in [0.3, 0.4) is 0 Å². The van der Waals surface area contributed by atoms with Crippen molar-refractivity contribution < 1.29 is 18.0 Å². The molecule has 1 saturated heterocycles. The summed E-state index contributed by atoms with van der Waals surface area (Å²) in [6, 6.07) is 16.1. The molecule has 4 aliphatic heterocycles. The molecule has 2 aromatic rings. The summed E-state index contributed by atoms with van der Waals surface area (Å²) >= 11 is -2.20. The number of imide groups is 1. The van der Waals surface area contributed by atoms with Crippen LogP contribution in [0.5, 0.6) is 0 Å². The molecule has 4 aliphatic rings. The first kappa shape index (κ1) is 16.4. The molecule has 0 spiro atoms. The number of thioether (sulfide) groups is 1. The first-order valence-electron chi connectivity index (χ1n) is 7.91. The third-order valence-corrected chi connectivity index (χ3v) is 21.0. The van der Waals surface area contributed by atoms with Gasteiger partial charge in [0.25, 0.3) is 0 Å². The van der Waals surface area contributed by atoms with Crippen LogP contribution in [0, 0.1) is 0 Å². The molecule has 2 bridgehead atoms. The summed E-state index contributed by atoms with van der Waals surface area (Å²) < 4.78 is 29.0. The predicted molar refractivity (Wildman–Crippen MR) is 101 cm³/mol. The van der Waals surface area contributed by atoms with E-state index in [2.05, 4.69) is 5.32 Å². The van der Waals surface area contributed by atoms with Gasteiger partial charge in [0.2, 0.25) is 0 Å². The number of carbonyl (C=O) groups excluding carboxylic acids is 2. The molecule has 6 rings (SSSR count). The summed E-state index contributed by atoms with van der Waals surface area (Å²) in [6.45, 7) is 0. The number of benzene rings is 2. The van der Waals surface area contributed by atoms with E-state index in [1.54, 1.807) is 30.3 Å². The summed E-state index contributed by atoms with van der Waals surface area (Å²) in [5.41, 5.74) is 1.58. The molecular weight excluding hydrogens is 473 g/mol. The van der Waals surface area contributed by atoms with Gasteiger partial charge >= 0.3 is 162 Å². The Bertz CT molecular complexity index is 1180. The van der Waals surface area contributed by atoms with Crippen LogP contribution < -0.4 is 8.64 Å². The van der Waals surface area contributed by atoms with Crippen molar-refractivity contribution in [3.05, 3.63) is 71.1 Å². The van der Waals surface area contributed by atoms with Crippen molar-refractivity contribution in [3.8, 4) is 0 Å². The number of hydrogen-bond donors (Lipinski definition) is 1. The molecule has 0 saturated carbocycles. The minimum atomic E-state index is -3.59. The van der Waals surface area contributed by atoms with Crippen molar-refractivity contribution in [3.63, 3.8) is 0 Å². The van der Waals surface area contributed by atoms with Gasteiger partial charge in [-0.15, -0.1) is 0 Å². The molecule has 126 valence electrons. The molecular formula is C18H10InNO4S2. The third kappa shape index (κ3) is 2.09. The molecule has 0 atom stereocenters. The van der Waals surface area contributed by atoms with E-state index in [-0.39, 0.29) is 4.90 Å². The van der Waals surface area contributed by atoms with Crippen LogP contribution in [0.2, 0.25) is 0 Å². The van der Waals surface area contributed by atoms with Crippen molar-refractivity contribution in [2.75, 3.05) is 0 Å². The molecule has 2 amide bonds. The number of hydrogen-bond acceptors (Lipinski definition) is 5. The molecule has 5 nitrogen and oxygen atoms in total. The van der Waals surface area contributed by atoms with Gasteiger partial charge in [-0.3, -0.25) is 0 Å². The predicted octanol–water partition coefficient (Wildman–Crippen LogP) is 1.92. The standard InChI is InChI=1S/C18H10NO4S2.In/c20-17-16(24-18(21)19-17)11-14(13-7-3-1-4-8-13)12-25(22,23)15-9-5-2-6-10-15;/h1-7,9-10H,(H,19,20,21);. The van der Waals surface area contributed by atoms with E-state index in [9.17, 15) is 18.0 Å². The van der Waals surface area contributed by atoms with Gasteiger partial charge in [0.05, 0.1) is 0 Å². The van der Waals surface area contributed by atoms with Crippen LogP contribution in [0.4, 0.5) is 4.79 Å². The van der Waals surface area contributed by atoms with E-state index >= 15 is 0 Å². The normalized spacial score (nSPS) is 21.0. The van der Waals surface area contributed by atoms with Crippen LogP contribution >= 0.6 is 11.8 Å². The zero-order valence-corrected chi connectivity index (χ0v) is 18.2. The monoisotopic (exact) mass is 483 g/mol. The minimum absolute atomic E-state index is 0.283. The molecule has 1 fully saturated rings. The molecule has 4 heterocycles. The molecule has 0 aromatic heterocycles. The van der Waals surface area contributed by atoms with Gasteiger partial charge in [-0.1, -0.05) is 0 Å². The van der Waals surface area contributed by atoms with Crippen LogP contribution in [0.1, 0.15) is 5.56 Å². The summed E-state index contributed by atoms with van der Waals surface area (Å²) in [5.74, 6) is -0.404. The van der Waals surface area contributed by atoms with Gasteiger partial charge in [-0.25, -0.2) is 0 Å². The molecule has 0 aliphatic carbocycles. The summed E-state index contributed by atoms with van der Waals surface area (Å²) in [5, 5.41) is 1.89. The van der Waals surface area contributed by atoms with Gasteiger partial charge in [0.15, 0.2) is 0 Å². The Kier molecular flexibility index (Phi) is 3.54. The molecule has 8 heteroatoms. The summed E-state index contributed by atoms with van der Waals surface area (Å²) in [4.78, 5) is 24.4. The van der Waals surface area contributed by atoms with E-state index in [1.807, 2.05) is 24.3 Å². The van der Waals surface area contributed by atoms with Gasteiger partial charge in [0.1, 0.15) is 0 Å². The number of carbonyl (C=O) groups is 2. The summed E-state index contributed by atoms with van der Waals surface area (Å²) in [6.07, 6.45) is 0. The van der Waals surface area contributed by atoms with Crippen molar-refractivity contribution >= 4 is 63.1 Å².